The van der Waals surface area contributed by atoms with E-state index < -0.39 is 0 Å². The maximum absolute atomic E-state index is 10.9. The summed E-state index contributed by atoms with van der Waals surface area (Å²) in [5, 5.41) is 0.713. The summed E-state index contributed by atoms with van der Waals surface area (Å²) in [6, 6.07) is 0. The normalized spacial score (nSPS) is 10.6. The molecule has 13 heavy (non-hydrogen) atoms. The van der Waals surface area contributed by atoms with Crippen LogP contribution >= 0.6 is 11.5 Å². The van der Waals surface area contributed by atoms with E-state index >= 15 is 0 Å². The molecule has 0 radical (unpaired) electrons. The van der Waals surface area contributed by atoms with Crippen molar-refractivity contribution in [2.75, 3.05) is 6.61 Å². The van der Waals surface area contributed by atoms with Gasteiger partial charge in [-0.25, -0.2) is 9.78 Å². The van der Waals surface area contributed by atoms with Crippen molar-refractivity contribution in [2.45, 2.75) is 13.8 Å². The second-order valence-electron chi connectivity index (χ2n) is 2.27. The number of aromatic nitrogens is 2. The molecule has 0 atom stereocenters. The molecule has 0 unspecified atom stereocenters. The first-order chi connectivity index (χ1) is 6.22. The van der Waals surface area contributed by atoms with Crippen LogP contribution in [0.3, 0.4) is 0 Å². The van der Waals surface area contributed by atoms with Crippen molar-refractivity contribution in [3.63, 3.8) is 0 Å². The fraction of sp³-hybridized carbons (Fsp3) is 0.375. The average Bonchev–Trinajstić information content (AvgIpc) is 2.49. The first-order valence-electron chi connectivity index (χ1n) is 3.87. The van der Waals surface area contributed by atoms with E-state index in [1.165, 1.54) is 17.6 Å². The third-order valence-electron chi connectivity index (χ3n) is 1.19. The first-order valence-corrected chi connectivity index (χ1v) is 4.65. The Morgan fingerprint density at radius 1 is 1.69 bits per heavy atom. The van der Waals surface area contributed by atoms with Gasteiger partial charge < -0.3 is 4.74 Å². The molecule has 0 aliphatic rings. The topological polar surface area (TPSA) is 52.1 Å². The van der Waals surface area contributed by atoms with Crippen molar-refractivity contribution in [2.24, 2.45) is 0 Å². The van der Waals surface area contributed by atoms with Gasteiger partial charge in [-0.3, -0.25) is 0 Å². The molecule has 0 bridgehead atoms. The van der Waals surface area contributed by atoms with Crippen molar-refractivity contribution in [3.8, 4) is 0 Å². The van der Waals surface area contributed by atoms with Crippen LogP contribution in [0, 0.1) is 6.92 Å². The molecule has 0 saturated carbocycles. The number of esters is 1. The highest BCUT2D eigenvalue weighted by molar-refractivity contribution is 7.06. The summed E-state index contributed by atoms with van der Waals surface area (Å²) >= 11 is 1.25. The lowest BCUT2D eigenvalue weighted by atomic mass is 10.5. The van der Waals surface area contributed by atoms with Crippen molar-refractivity contribution >= 4 is 23.6 Å². The minimum Gasteiger partial charge on any atom is -0.463 e. The van der Waals surface area contributed by atoms with E-state index in [4.69, 9.17) is 4.74 Å². The molecule has 1 aromatic heterocycles. The van der Waals surface area contributed by atoms with E-state index in [-0.39, 0.29) is 5.97 Å². The molecular weight excluding hydrogens is 188 g/mol. The third-order valence-corrected chi connectivity index (χ3v) is 1.96. The number of nitrogens with zero attached hydrogens (tertiary/aromatic N) is 2. The van der Waals surface area contributed by atoms with E-state index in [1.54, 1.807) is 19.9 Å². The monoisotopic (exact) mass is 198 g/mol. The largest absolute Gasteiger partial charge is 0.463 e. The molecule has 0 fully saturated rings. The lowest BCUT2D eigenvalue weighted by Gasteiger charge is -1.92. The van der Waals surface area contributed by atoms with Crippen LogP contribution in [-0.2, 0) is 9.53 Å². The third kappa shape index (κ3) is 3.33. The standard InChI is InChI=1S/C8H10N2O2S/c1-3-12-8(11)5-4-7-9-6(2)10-13-7/h4-5H,3H2,1-2H3. The Kier molecular flexibility index (Phi) is 3.57. The maximum Gasteiger partial charge on any atom is 0.330 e. The molecule has 0 aromatic carbocycles. The Balaban J connectivity index is 2.53. The SMILES string of the molecule is CCOC(=O)C=Cc1nc(C)ns1. The summed E-state index contributed by atoms with van der Waals surface area (Å²) in [7, 11) is 0. The van der Waals surface area contributed by atoms with E-state index in [0.717, 1.165) is 0 Å². The molecule has 0 spiro atoms. The van der Waals surface area contributed by atoms with Crippen LogP contribution in [0.5, 0.6) is 0 Å². The van der Waals surface area contributed by atoms with Crippen LogP contribution in [0.25, 0.3) is 6.08 Å². The summed E-state index contributed by atoms with van der Waals surface area (Å²) in [5.74, 6) is 0.365. The summed E-state index contributed by atoms with van der Waals surface area (Å²) in [6.45, 7) is 3.96. The van der Waals surface area contributed by atoms with Gasteiger partial charge in [0.15, 0.2) is 0 Å². The molecule has 5 heteroatoms. The molecule has 1 heterocycles. The van der Waals surface area contributed by atoms with Gasteiger partial charge in [-0.15, -0.1) is 0 Å². The second kappa shape index (κ2) is 4.71. The molecule has 0 aliphatic heterocycles. The van der Waals surface area contributed by atoms with Gasteiger partial charge in [-0.05, 0) is 31.5 Å². The quantitative estimate of drug-likeness (QED) is 0.544. The highest BCUT2D eigenvalue weighted by Crippen LogP contribution is 2.05. The van der Waals surface area contributed by atoms with Gasteiger partial charge in [0.25, 0.3) is 0 Å². The van der Waals surface area contributed by atoms with Crippen LogP contribution in [0.1, 0.15) is 17.8 Å². The molecule has 0 amide bonds. The van der Waals surface area contributed by atoms with E-state index in [1.807, 2.05) is 0 Å². The lowest BCUT2D eigenvalue weighted by molar-refractivity contribution is -0.137. The number of ether oxygens (including phenoxy) is 1. The van der Waals surface area contributed by atoms with E-state index in [9.17, 15) is 4.79 Å². The van der Waals surface area contributed by atoms with Gasteiger partial charge in [0.2, 0.25) is 0 Å². The predicted molar refractivity (Wildman–Crippen MR) is 50.3 cm³/mol. The van der Waals surface area contributed by atoms with E-state index in [0.29, 0.717) is 17.4 Å². The van der Waals surface area contributed by atoms with Gasteiger partial charge >= 0.3 is 5.97 Å². The minimum atomic E-state index is -0.352. The molecule has 70 valence electrons. The van der Waals surface area contributed by atoms with Crippen molar-refractivity contribution < 1.29 is 9.53 Å². The molecular formula is C8H10N2O2S. The number of hydrogen-bond donors (Lipinski definition) is 0. The van der Waals surface area contributed by atoms with Crippen LogP contribution in [0.4, 0.5) is 0 Å². The number of hydrogen-bond acceptors (Lipinski definition) is 5. The average molecular weight is 198 g/mol. The Morgan fingerprint density at radius 3 is 3.00 bits per heavy atom. The van der Waals surface area contributed by atoms with Crippen molar-refractivity contribution in [1.29, 1.82) is 0 Å². The number of rotatable bonds is 3. The van der Waals surface area contributed by atoms with Crippen LogP contribution in [0.2, 0.25) is 0 Å². The lowest BCUT2D eigenvalue weighted by Crippen LogP contribution is -1.98. The Hall–Kier alpha value is -1.23. The van der Waals surface area contributed by atoms with Crippen molar-refractivity contribution in [3.05, 3.63) is 16.9 Å². The highest BCUT2D eigenvalue weighted by atomic mass is 32.1. The van der Waals surface area contributed by atoms with Gasteiger partial charge in [0.1, 0.15) is 10.8 Å². The van der Waals surface area contributed by atoms with Gasteiger partial charge in [-0.2, -0.15) is 4.37 Å². The van der Waals surface area contributed by atoms with E-state index in [2.05, 4.69) is 9.36 Å². The Bertz CT molecular complexity index is 320. The zero-order valence-electron chi connectivity index (χ0n) is 7.48. The summed E-state index contributed by atoms with van der Waals surface area (Å²) in [4.78, 5) is 14.9. The maximum atomic E-state index is 10.9. The summed E-state index contributed by atoms with van der Waals surface area (Å²) < 4.78 is 8.67. The van der Waals surface area contributed by atoms with Crippen LogP contribution in [-0.4, -0.2) is 21.9 Å². The molecule has 1 aromatic rings. The summed E-state index contributed by atoms with van der Waals surface area (Å²) in [5.41, 5.74) is 0. The first kappa shape index (κ1) is 9.85. The zero-order chi connectivity index (χ0) is 9.68. The number of carbonyl (C=O) groups is 1. The zero-order valence-corrected chi connectivity index (χ0v) is 8.30. The number of carbonyl (C=O) groups excluding carboxylic acids is 1. The smallest absolute Gasteiger partial charge is 0.330 e. The minimum absolute atomic E-state index is 0.352. The Morgan fingerprint density at radius 2 is 2.46 bits per heavy atom. The molecule has 1 rings (SSSR count). The van der Waals surface area contributed by atoms with Gasteiger partial charge in [0, 0.05) is 6.08 Å². The molecule has 0 saturated heterocycles. The fourth-order valence-corrected chi connectivity index (χ4v) is 1.28. The number of aryl methyl sites for hydroxylation is 1. The van der Waals surface area contributed by atoms with Gasteiger partial charge in [-0.1, -0.05) is 0 Å². The highest BCUT2D eigenvalue weighted by Gasteiger charge is 1.97. The second-order valence-corrected chi connectivity index (χ2v) is 3.05. The Labute approximate surface area is 80.4 Å². The predicted octanol–water partition coefficient (Wildman–Crippen LogP) is 1.42. The fourth-order valence-electron chi connectivity index (χ4n) is 0.711. The van der Waals surface area contributed by atoms with Crippen LogP contribution in [0.15, 0.2) is 6.08 Å². The van der Waals surface area contributed by atoms with Crippen LogP contribution < -0.4 is 0 Å². The summed E-state index contributed by atoms with van der Waals surface area (Å²) in [6.07, 6.45) is 2.95. The molecule has 0 aliphatic carbocycles. The van der Waals surface area contributed by atoms with Crippen molar-refractivity contribution in [1.82, 2.24) is 9.36 Å². The molecule has 0 N–H and O–H groups in total. The van der Waals surface area contributed by atoms with Gasteiger partial charge in [0.05, 0.1) is 6.61 Å². The molecule has 4 nitrogen and oxygen atoms in total.